The van der Waals surface area contributed by atoms with Crippen LogP contribution in [-0.4, -0.2) is 4.98 Å². The van der Waals surface area contributed by atoms with Gasteiger partial charge in [0.1, 0.15) is 0 Å². The molecule has 1 aromatic carbocycles. The van der Waals surface area contributed by atoms with E-state index in [1.165, 1.54) is 17.8 Å². The second-order valence-corrected chi connectivity index (χ2v) is 5.83. The average Bonchev–Trinajstić information content (AvgIpc) is 2.37. The smallest absolute Gasteiger partial charge is 0.398 e. The van der Waals surface area contributed by atoms with Crippen molar-refractivity contribution in [3.8, 4) is 0 Å². The fourth-order valence-electron chi connectivity index (χ4n) is 1.51. The third-order valence-corrected chi connectivity index (χ3v) is 4.30. The quantitative estimate of drug-likeness (QED) is 0.633. The van der Waals surface area contributed by atoms with Gasteiger partial charge in [0.05, 0.1) is 10.6 Å². The van der Waals surface area contributed by atoms with Crippen molar-refractivity contribution in [3.05, 3.63) is 52.1 Å². The van der Waals surface area contributed by atoms with Crippen molar-refractivity contribution >= 4 is 33.4 Å². The first-order valence-corrected chi connectivity index (χ1v) is 7.34. The number of anilines is 1. The van der Waals surface area contributed by atoms with Crippen LogP contribution in [0.4, 0.5) is 18.9 Å². The molecule has 1 aromatic heterocycles. The minimum atomic E-state index is -4.36. The van der Waals surface area contributed by atoms with Crippen LogP contribution in [0.2, 0.25) is 0 Å². The average molecular weight is 363 g/mol. The summed E-state index contributed by atoms with van der Waals surface area (Å²) >= 11 is 4.73. The molecule has 0 fully saturated rings. The van der Waals surface area contributed by atoms with E-state index in [9.17, 15) is 13.2 Å². The summed E-state index contributed by atoms with van der Waals surface area (Å²) in [5, 5.41) is 0.521. The molecule has 2 N–H and O–H groups in total. The summed E-state index contributed by atoms with van der Waals surface area (Å²) in [6.45, 7) is 0. The number of nitrogens with two attached hydrogens (primary N) is 1. The Kier molecular flexibility index (Phi) is 4.59. The largest absolute Gasteiger partial charge is 0.417 e. The van der Waals surface area contributed by atoms with Crippen LogP contribution in [-0.2, 0) is 11.9 Å². The van der Waals surface area contributed by atoms with E-state index in [4.69, 9.17) is 5.73 Å². The highest BCUT2D eigenvalue weighted by molar-refractivity contribution is 9.10. The fourth-order valence-corrected chi connectivity index (χ4v) is 3.12. The zero-order chi connectivity index (χ0) is 14.8. The van der Waals surface area contributed by atoms with Crippen LogP contribution >= 0.6 is 27.7 Å². The predicted molar refractivity (Wildman–Crippen MR) is 77.4 cm³/mol. The summed E-state index contributed by atoms with van der Waals surface area (Å²) in [6, 6.07) is 7.86. The van der Waals surface area contributed by atoms with E-state index < -0.39 is 11.7 Å². The Balaban J connectivity index is 2.08. The molecule has 2 nitrogen and oxygen atoms in total. The Morgan fingerprint density at radius 1 is 1.20 bits per heavy atom. The molecular formula is C13H10BrF3N2S. The maximum atomic E-state index is 12.4. The van der Waals surface area contributed by atoms with Crippen molar-refractivity contribution in [2.45, 2.75) is 17.0 Å². The van der Waals surface area contributed by atoms with Gasteiger partial charge in [-0.05, 0) is 29.8 Å². The summed E-state index contributed by atoms with van der Waals surface area (Å²) in [5.41, 5.74) is 6.65. The maximum absolute atomic E-state index is 12.4. The first-order valence-electron chi connectivity index (χ1n) is 5.57. The number of benzene rings is 1. The second-order valence-electron chi connectivity index (χ2n) is 3.98. The summed E-state index contributed by atoms with van der Waals surface area (Å²) < 4.78 is 38.1. The minimum absolute atomic E-state index is 0.521. The topological polar surface area (TPSA) is 38.9 Å². The van der Waals surface area contributed by atoms with Crippen LogP contribution in [0, 0.1) is 0 Å². The highest BCUT2D eigenvalue weighted by Gasteiger charge is 2.30. The van der Waals surface area contributed by atoms with Crippen molar-refractivity contribution in [1.82, 2.24) is 4.98 Å². The molecule has 106 valence electrons. The molecule has 0 aliphatic rings. The molecular weight excluding hydrogens is 353 g/mol. The maximum Gasteiger partial charge on any atom is 0.417 e. The molecule has 0 unspecified atom stereocenters. The number of hydrogen-bond donors (Lipinski definition) is 1. The highest BCUT2D eigenvalue weighted by atomic mass is 79.9. The molecule has 0 saturated carbocycles. The van der Waals surface area contributed by atoms with E-state index >= 15 is 0 Å². The van der Waals surface area contributed by atoms with Crippen LogP contribution in [0.1, 0.15) is 11.1 Å². The van der Waals surface area contributed by atoms with Crippen molar-refractivity contribution in [3.63, 3.8) is 0 Å². The van der Waals surface area contributed by atoms with E-state index in [0.29, 0.717) is 16.5 Å². The first-order chi connectivity index (χ1) is 9.38. The number of halogens is 4. The SMILES string of the molecule is Nc1cccc(Br)c1CSc1ccc(C(F)(F)F)cn1. The number of nitrogens with zero attached hydrogens (tertiary/aromatic N) is 1. The Labute approximate surface area is 126 Å². The normalized spacial score (nSPS) is 11.6. The molecule has 0 spiro atoms. The number of hydrogen-bond acceptors (Lipinski definition) is 3. The zero-order valence-electron chi connectivity index (χ0n) is 10.1. The van der Waals surface area contributed by atoms with Crippen LogP contribution < -0.4 is 5.73 Å². The highest BCUT2D eigenvalue weighted by Crippen LogP contribution is 2.32. The molecule has 2 rings (SSSR count). The Morgan fingerprint density at radius 3 is 2.50 bits per heavy atom. The van der Waals surface area contributed by atoms with Gasteiger partial charge < -0.3 is 5.73 Å². The van der Waals surface area contributed by atoms with E-state index in [2.05, 4.69) is 20.9 Å². The van der Waals surface area contributed by atoms with Crippen molar-refractivity contribution in [2.75, 3.05) is 5.73 Å². The molecule has 0 bridgehead atoms. The lowest BCUT2D eigenvalue weighted by Crippen LogP contribution is -2.05. The summed E-state index contributed by atoms with van der Waals surface area (Å²) in [5.74, 6) is 0.533. The summed E-state index contributed by atoms with van der Waals surface area (Å²) in [7, 11) is 0. The third-order valence-electron chi connectivity index (χ3n) is 2.58. The van der Waals surface area contributed by atoms with E-state index in [-0.39, 0.29) is 0 Å². The molecule has 20 heavy (non-hydrogen) atoms. The molecule has 0 amide bonds. The van der Waals surface area contributed by atoms with Crippen LogP contribution in [0.15, 0.2) is 46.0 Å². The van der Waals surface area contributed by atoms with Crippen molar-refractivity contribution in [2.24, 2.45) is 0 Å². The summed E-state index contributed by atoms with van der Waals surface area (Å²) in [6.07, 6.45) is -3.52. The van der Waals surface area contributed by atoms with E-state index in [1.807, 2.05) is 12.1 Å². The van der Waals surface area contributed by atoms with Crippen LogP contribution in [0.5, 0.6) is 0 Å². The number of aromatic nitrogens is 1. The van der Waals surface area contributed by atoms with Gasteiger partial charge in [0.2, 0.25) is 0 Å². The lowest BCUT2D eigenvalue weighted by molar-refractivity contribution is -0.137. The van der Waals surface area contributed by atoms with Gasteiger partial charge in [0.25, 0.3) is 0 Å². The molecule has 0 aliphatic heterocycles. The van der Waals surface area contributed by atoms with Gasteiger partial charge in [-0.1, -0.05) is 22.0 Å². The second kappa shape index (κ2) is 6.05. The van der Waals surface area contributed by atoms with Crippen molar-refractivity contribution < 1.29 is 13.2 Å². The minimum Gasteiger partial charge on any atom is -0.398 e. The predicted octanol–water partition coefficient (Wildman–Crippen LogP) is 4.74. The summed E-state index contributed by atoms with van der Waals surface area (Å²) in [4.78, 5) is 3.81. The van der Waals surface area contributed by atoms with Gasteiger partial charge in [0.15, 0.2) is 0 Å². The zero-order valence-corrected chi connectivity index (χ0v) is 12.5. The lowest BCUT2D eigenvalue weighted by Gasteiger charge is -2.09. The van der Waals surface area contributed by atoms with E-state index in [0.717, 1.165) is 22.3 Å². The van der Waals surface area contributed by atoms with E-state index in [1.54, 1.807) is 6.07 Å². The van der Waals surface area contributed by atoms with Crippen LogP contribution in [0.25, 0.3) is 0 Å². The molecule has 7 heteroatoms. The lowest BCUT2D eigenvalue weighted by atomic mass is 10.2. The number of pyridine rings is 1. The Bertz CT molecular complexity index is 579. The van der Waals surface area contributed by atoms with Gasteiger partial charge >= 0.3 is 6.18 Å². The Hall–Kier alpha value is -1.21. The van der Waals surface area contributed by atoms with Gasteiger partial charge in [-0.15, -0.1) is 11.8 Å². The number of nitrogen functional groups attached to an aromatic ring is 1. The molecule has 0 radical (unpaired) electrons. The fraction of sp³-hybridized carbons (Fsp3) is 0.154. The molecule has 0 atom stereocenters. The van der Waals surface area contributed by atoms with Gasteiger partial charge in [-0.3, -0.25) is 0 Å². The van der Waals surface area contributed by atoms with Gasteiger partial charge in [-0.25, -0.2) is 4.98 Å². The standard InChI is InChI=1S/C13H10BrF3N2S/c14-10-2-1-3-11(18)9(10)7-20-12-5-4-8(6-19-12)13(15,16)17/h1-6H,7,18H2. The van der Waals surface area contributed by atoms with Gasteiger partial charge in [0, 0.05) is 22.1 Å². The van der Waals surface area contributed by atoms with Crippen LogP contribution in [0.3, 0.4) is 0 Å². The molecule has 2 aromatic rings. The molecule has 1 heterocycles. The molecule has 0 saturated heterocycles. The molecule has 0 aliphatic carbocycles. The third kappa shape index (κ3) is 3.67. The number of alkyl halides is 3. The van der Waals surface area contributed by atoms with Crippen molar-refractivity contribution in [1.29, 1.82) is 0 Å². The first kappa shape index (κ1) is 15.2. The number of rotatable bonds is 3. The van der Waals surface area contributed by atoms with Gasteiger partial charge in [-0.2, -0.15) is 13.2 Å². The monoisotopic (exact) mass is 362 g/mol. The Morgan fingerprint density at radius 2 is 1.95 bits per heavy atom. The number of thioether (sulfide) groups is 1.